The quantitative estimate of drug-likeness (QED) is 0.438. The van der Waals surface area contributed by atoms with Gasteiger partial charge in [-0.05, 0) is 11.1 Å². The van der Waals surface area contributed by atoms with Gasteiger partial charge in [-0.2, -0.15) is 0 Å². The summed E-state index contributed by atoms with van der Waals surface area (Å²) in [6.45, 7) is 4.03. The van der Waals surface area contributed by atoms with E-state index in [9.17, 15) is 4.79 Å². The van der Waals surface area contributed by atoms with E-state index in [0.717, 1.165) is 11.1 Å². The molecule has 2 saturated heterocycles. The number of hydrogen-bond donors (Lipinski definition) is 0. The number of ketones is 1. The summed E-state index contributed by atoms with van der Waals surface area (Å²) in [6, 6.07) is 19.6. The Morgan fingerprint density at radius 1 is 0.750 bits per heavy atom. The lowest BCUT2D eigenvalue weighted by atomic mass is 9.97. The van der Waals surface area contributed by atoms with E-state index >= 15 is 0 Å². The normalized spacial score (nSPS) is 19.8. The first-order valence-electron chi connectivity index (χ1n) is 11.1. The van der Waals surface area contributed by atoms with Crippen LogP contribution in [0, 0.1) is 0 Å². The number of rotatable bonds is 12. The molecular formula is C25H30Cl2N2O3. The van der Waals surface area contributed by atoms with Crippen LogP contribution in [0.4, 0.5) is 0 Å². The average Bonchev–Trinajstić information content (AvgIpc) is 2.77. The summed E-state index contributed by atoms with van der Waals surface area (Å²) in [5, 5.41) is 0. The summed E-state index contributed by atoms with van der Waals surface area (Å²) >= 11 is 12.4. The SMILES string of the molecule is O=C(C(CCl)N1CC(OCc2ccccc2)C1)C(CCl)N1CC(OCc2ccccc2)C1. The Bertz CT molecular complexity index is 773. The van der Waals surface area contributed by atoms with E-state index in [1.165, 1.54) is 0 Å². The summed E-state index contributed by atoms with van der Waals surface area (Å²) in [6.07, 6.45) is 0.255. The first kappa shape index (κ1) is 23.7. The van der Waals surface area contributed by atoms with Crippen molar-refractivity contribution < 1.29 is 14.3 Å². The van der Waals surface area contributed by atoms with E-state index in [1.807, 2.05) is 36.4 Å². The molecule has 4 rings (SSSR count). The summed E-state index contributed by atoms with van der Waals surface area (Å²) < 4.78 is 11.9. The van der Waals surface area contributed by atoms with Gasteiger partial charge in [0.2, 0.25) is 0 Å². The third-order valence-electron chi connectivity index (χ3n) is 6.24. The van der Waals surface area contributed by atoms with Crippen LogP contribution in [0.25, 0.3) is 0 Å². The van der Waals surface area contributed by atoms with Gasteiger partial charge in [-0.25, -0.2) is 0 Å². The second-order valence-electron chi connectivity index (χ2n) is 8.49. The van der Waals surface area contributed by atoms with Gasteiger partial charge in [0.1, 0.15) is 0 Å². The minimum absolute atomic E-state index is 0.0954. The molecule has 2 unspecified atom stereocenters. The van der Waals surface area contributed by atoms with Crippen LogP contribution in [0.2, 0.25) is 0 Å². The van der Waals surface area contributed by atoms with Crippen LogP contribution < -0.4 is 0 Å². The van der Waals surface area contributed by atoms with Gasteiger partial charge < -0.3 is 9.47 Å². The molecule has 0 aromatic heterocycles. The lowest BCUT2D eigenvalue weighted by molar-refractivity contribution is -0.142. The molecule has 172 valence electrons. The van der Waals surface area contributed by atoms with Gasteiger partial charge in [0.25, 0.3) is 0 Å². The minimum Gasteiger partial charge on any atom is -0.371 e. The molecule has 32 heavy (non-hydrogen) atoms. The smallest absolute Gasteiger partial charge is 0.169 e. The Hall–Kier alpha value is -1.47. The van der Waals surface area contributed by atoms with Crippen LogP contribution in [-0.4, -0.2) is 77.8 Å². The number of hydrogen-bond acceptors (Lipinski definition) is 5. The molecule has 0 aliphatic carbocycles. The van der Waals surface area contributed by atoms with E-state index in [1.54, 1.807) is 0 Å². The third kappa shape index (κ3) is 5.90. The fourth-order valence-corrected chi connectivity index (χ4v) is 4.86. The molecule has 0 N–H and O–H groups in total. The molecule has 0 amide bonds. The molecule has 2 aliphatic rings. The lowest BCUT2D eigenvalue weighted by Gasteiger charge is -2.47. The van der Waals surface area contributed by atoms with Gasteiger partial charge in [0.15, 0.2) is 5.78 Å². The number of benzene rings is 2. The molecule has 0 saturated carbocycles. The van der Waals surface area contributed by atoms with Crippen molar-refractivity contribution in [2.24, 2.45) is 0 Å². The Labute approximate surface area is 200 Å². The molecule has 2 fully saturated rings. The number of likely N-dealkylation sites (tertiary alicyclic amines) is 2. The molecule has 0 spiro atoms. The van der Waals surface area contributed by atoms with Crippen molar-refractivity contribution in [2.45, 2.75) is 37.5 Å². The Morgan fingerprint density at radius 2 is 1.12 bits per heavy atom. The monoisotopic (exact) mass is 476 g/mol. The van der Waals surface area contributed by atoms with Crippen LogP contribution in [0.3, 0.4) is 0 Å². The van der Waals surface area contributed by atoms with Crippen LogP contribution in [0.15, 0.2) is 60.7 Å². The fourth-order valence-electron chi connectivity index (χ4n) is 4.16. The van der Waals surface area contributed by atoms with Crippen molar-refractivity contribution in [2.75, 3.05) is 37.9 Å². The van der Waals surface area contributed by atoms with Gasteiger partial charge in [-0.3, -0.25) is 14.6 Å². The first-order valence-corrected chi connectivity index (χ1v) is 12.2. The molecule has 0 radical (unpaired) electrons. The Morgan fingerprint density at radius 3 is 1.47 bits per heavy atom. The third-order valence-corrected chi connectivity index (χ3v) is 6.82. The fraction of sp³-hybridized carbons (Fsp3) is 0.480. The highest BCUT2D eigenvalue weighted by atomic mass is 35.5. The number of nitrogens with zero attached hydrogens (tertiary/aromatic N) is 2. The minimum atomic E-state index is -0.332. The van der Waals surface area contributed by atoms with E-state index in [4.69, 9.17) is 32.7 Å². The molecule has 0 bridgehead atoms. The second kappa shape index (κ2) is 11.6. The highest BCUT2D eigenvalue weighted by molar-refractivity contribution is 6.22. The summed E-state index contributed by atoms with van der Waals surface area (Å²) in [5.74, 6) is 0.622. The number of alkyl halides is 2. The molecule has 2 heterocycles. The Balaban J connectivity index is 1.20. The van der Waals surface area contributed by atoms with Gasteiger partial charge >= 0.3 is 0 Å². The van der Waals surface area contributed by atoms with Crippen LogP contribution in [-0.2, 0) is 27.5 Å². The van der Waals surface area contributed by atoms with Gasteiger partial charge in [-0.15, -0.1) is 23.2 Å². The number of carbonyl (C=O) groups is 1. The van der Waals surface area contributed by atoms with Crippen LogP contribution >= 0.6 is 23.2 Å². The molecule has 5 nitrogen and oxygen atoms in total. The summed E-state index contributed by atoms with van der Waals surface area (Å²) in [4.78, 5) is 17.4. The van der Waals surface area contributed by atoms with Crippen molar-refractivity contribution in [3.05, 3.63) is 71.8 Å². The van der Waals surface area contributed by atoms with Gasteiger partial charge in [0, 0.05) is 37.9 Å². The van der Waals surface area contributed by atoms with Gasteiger partial charge in [0.05, 0.1) is 37.5 Å². The molecule has 2 aliphatic heterocycles. The average molecular weight is 477 g/mol. The zero-order chi connectivity index (χ0) is 22.3. The van der Waals surface area contributed by atoms with Crippen molar-refractivity contribution in [3.63, 3.8) is 0 Å². The van der Waals surface area contributed by atoms with Gasteiger partial charge in [-0.1, -0.05) is 60.7 Å². The predicted octanol–water partition coefficient (Wildman–Crippen LogP) is 3.57. The molecule has 2 aromatic carbocycles. The molecule has 2 aromatic rings. The Kier molecular flexibility index (Phi) is 8.58. The zero-order valence-corrected chi connectivity index (χ0v) is 19.6. The van der Waals surface area contributed by atoms with Crippen LogP contribution in [0.5, 0.6) is 0 Å². The number of carbonyl (C=O) groups excluding carboxylic acids is 1. The highest BCUT2D eigenvalue weighted by Gasteiger charge is 2.42. The molecule has 2 atom stereocenters. The maximum Gasteiger partial charge on any atom is 0.169 e. The highest BCUT2D eigenvalue weighted by Crippen LogP contribution is 2.24. The van der Waals surface area contributed by atoms with E-state index in [2.05, 4.69) is 34.1 Å². The van der Waals surface area contributed by atoms with Crippen molar-refractivity contribution in [1.29, 1.82) is 0 Å². The maximum absolute atomic E-state index is 13.2. The number of Topliss-reactive ketones (excluding diaryl/α,β-unsaturated/α-hetero) is 1. The predicted molar refractivity (Wildman–Crippen MR) is 127 cm³/mol. The lowest BCUT2D eigenvalue weighted by Crippen LogP contribution is -2.65. The summed E-state index contributed by atoms with van der Waals surface area (Å²) in [7, 11) is 0. The number of halogens is 2. The van der Waals surface area contributed by atoms with E-state index in [-0.39, 0.29) is 41.8 Å². The maximum atomic E-state index is 13.2. The van der Waals surface area contributed by atoms with Crippen molar-refractivity contribution in [3.8, 4) is 0 Å². The zero-order valence-electron chi connectivity index (χ0n) is 18.1. The first-order chi connectivity index (χ1) is 15.7. The molecule has 7 heteroatoms. The van der Waals surface area contributed by atoms with E-state index in [0.29, 0.717) is 39.4 Å². The second-order valence-corrected chi connectivity index (χ2v) is 9.10. The standard InChI is InChI=1S/C25H30Cl2N2O3/c26-11-23(28-13-21(14-28)31-17-19-7-3-1-4-8-19)25(30)24(12-27)29-15-22(16-29)32-18-20-9-5-2-6-10-20/h1-10,21-24H,11-18H2. The molecular weight excluding hydrogens is 447 g/mol. The van der Waals surface area contributed by atoms with E-state index < -0.39 is 0 Å². The van der Waals surface area contributed by atoms with Crippen molar-refractivity contribution in [1.82, 2.24) is 9.80 Å². The topological polar surface area (TPSA) is 42.0 Å². The summed E-state index contributed by atoms with van der Waals surface area (Å²) in [5.41, 5.74) is 2.31. The van der Waals surface area contributed by atoms with Crippen molar-refractivity contribution >= 4 is 29.0 Å². The number of ether oxygens (including phenoxy) is 2. The largest absolute Gasteiger partial charge is 0.371 e. The van der Waals surface area contributed by atoms with Crippen LogP contribution in [0.1, 0.15) is 11.1 Å².